The zero-order chi connectivity index (χ0) is 14.8. The first-order chi connectivity index (χ1) is 9.73. The number of rotatable bonds is 10. The van der Waals surface area contributed by atoms with Gasteiger partial charge in [-0.1, -0.05) is 13.8 Å². The lowest BCUT2D eigenvalue weighted by atomic mass is 10.2. The van der Waals surface area contributed by atoms with Crippen LogP contribution in [0.2, 0.25) is 0 Å². The Bertz CT molecular complexity index is 381. The van der Waals surface area contributed by atoms with Gasteiger partial charge in [-0.3, -0.25) is 0 Å². The SMILES string of the molecule is CCCNc1cc(NC(CCO)COC)nc(CC)n1. The summed E-state index contributed by atoms with van der Waals surface area (Å²) in [6, 6.07) is 1.94. The van der Waals surface area contributed by atoms with Gasteiger partial charge in [-0.2, -0.15) is 0 Å². The number of methoxy groups -OCH3 is 1. The highest BCUT2D eigenvalue weighted by atomic mass is 16.5. The highest BCUT2D eigenvalue weighted by Crippen LogP contribution is 2.14. The lowest BCUT2D eigenvalue weighted by Crippen LogP contribution is -2.27. The van der Waals surface area contributed by atoms with Gasteiger partial charge in [-0.15, -0.1) is 0 Å². The van der Waals surface area contributed by atoms with E-state index < -0.39 is 0 Å². The molecule has 0 saturated carbocycles. The molecule has 0 aliphatic carbocycles. The van der Waals surface area contributed by atoms with Crippen LogP contribution in [0.15, 0.2) is 6.07 Å². The van der Waals surface area contributed by atoms with Gasteiger partial charge in [0.05, 0.1) is 12.6 Å². The third-order valence-corrected chi connectivity index (χ3v) is 2.84. The van der Waals surface area contributed by atoms with E-state index in [0.717, 1.165) is 36.8 Å². The minimum Gasteiger partial charge on any atom is -0.396 e. The second-order valence-electron chi connectivity index (χ2n) is 4.64. The molecule has 0 saturated heterocycles. The summed E-state index contributed by atoms with van der Waals surface area (Å²) >= 11 is 0. The molecule has 114 valence electrons. The summed E-state index contributed by atoms with van der Waals surface area (Å²) in [4.78, 5) is 8.91. The molecule has 1 rings (SSSR count). The lowest BCUT2D eigenvalue weighted by molar-refractivity contribution is 0.170. The number of nitrogens with one attached hydrogen (secondary N) is 2. The summed E-state index contributed by atoms with van der Waals surface area (Å²) in [5.74, 6) is 2.40. The van der Waals surface area contributed by atoms with Crippen LogP contribution in [0, 0.1) is 0 Å². The first-order valence-electron chi connectivity index (χ1n) is 7.21. The van der Waals surface area contributed by atoms with Crippen LogP contribution in [0.1, 0.15) is 32.5 Å². The Kier molecular flexibility index (Phi) is 7.91. The van der Waals surface area contributed by atoms with Crippen molar-refractivity contribution in [2.24, 2.45) is 0 Å². The number of aliphatic hydroxyl groups is 1. The van der Waals surface area contributed by atoms with E-state index in [0.29, 0.717) is 13.0 Å². The number of aromatic nitrogens is 2. The maximum atomic E-state index is 9.07. The number of aliphatic hydroxyl groups excluding tert-OH is 1. The van der Waals surface area contributed by atoms with Gasteiger partial charge in [0.1, 0.15) is 17.5 Å². The monoisotopic (exact) mass is 282 g/mol. The molecule has 1 aromatic heterocycles. The summed E-state index contributed by atoms with van der Waals surface area (Å²) in [6.07, 6.45) is 2.45. The molecule has 1 heterocycles. The summed E-state index contributed by atoms with van der Waals surface area (Å²) in [7, 11) is 1.65. The Labute approximate surface area is 121 Å². The number of ether oxygens (including phenoxy) is 1. The zero-order valence-corrected chi connectivity index (χ0v) is 12.6. The maximum absolute atomic E-state index is 9.07. The van der Waals surface area contributed by atoms with Crippen LogP contribution in [0.3, 0.4) is 0 Å². The minimum absolute atomic E-state index is 0.0450. The van der Waals surface area contributed by atoms with Crippen LogP contribution in [-0.2, 0) is 11.2 Å². The van der Waals surface area contributed by atoms with Gasteiger partial charge < -0.3 is 20.5 Å². The molecule has 0 aliphatic rings. The third-order valence-electron chi connectivity index (χ3n) is 2.84. The van der Waals surface area contributed by atoms with Crippen molar-refractivity contribution >= 4 is 11.6 Å². The molecule has 1 unspecified atom stereocenters. The highest BCUT2D eigenvalue weighted by Gasteiger charge is 2.10. The molecule has 1 atom stereocenters. The summed E-state index contributed by atoms with van der Waals surface area (Å²) < 4.78 is 5.15. The molecule has 0 amide bonds. The average Bonchev–Trinajstić information content (AvgIpc) is 2.45. The van der Waals surface area contributed by atoms with Gasteiger partial charge in [0.2, 0.25) is 0 Å². The molecule has 0 fully saturated rings. The second-order valence-corrected chi connectivity index (χ2v) is 4.64. The van der Waals surface area contributed by atoms with Crippen molar-refractivity contribution in [1.82, 2.24) is 9.97 Å². The van der Waals surface area contributed by atoms with E-state index in [1.165, 1.54) is 0 Å². The third kappa shape index (κ3) is 5.71. The number of nitrogens with zero attached hydrogens (tertiary/aromatic N) is 2. The second kappa shape index (κ2) is 9.50. The van der Waals surface area contributed by atoms with Gasteiger partial charge in [-0.05, 0) is 12.8 Å². The number of anilines is 2. The Hall–Kier alpha value is -1.40. The molecule has 6 nitrogen and oxygen atoms in total. The Balaban J connectivity index is 2.80. The number of hydrogen-bond acceptors (Lipinski definition) is 6. The normalized spacial score (nSPS) is 12.2. The van der Waals surface area contributed by atoms with Gasteiger partial charge in [0.25, 0.3) is 0 Å². The Morgan fingerprint density at radius 2 is 2.05 bits per heavy atom. The molecule has 3 N–H and O–H groups in total. The molecule has 0 radical (unpaired) electrons. The van der Waals surface area contributed by atoms with Crippen LogP contribution >= 0.6 is 0 Å². The number of hydrogen-bond donors (Lipinski definition) is 3. The van der Waals surface area contributed by atoms with Crippen LogP contribution in [-0.4, -0.2) is 48.0 Å². The van der Waals surface area contributed by atoms with E-state index in [1.807, 2.05) is 13.0 Å². The zero-order valence-electron chi connectivity index (χ0n) is 12.6. The van der Waals surface area contributed by atoms with E-state index in [2.05, 4.69) is 27.5 Å². The highest BCUT2D eigenvalue weighted by molar-refractivity contribution is 5.48. The van der Waals surface area contributed by atoms with Crippen LogP contribution in [0.5, 0.6) is 0 Å². The predicted octanol–water partition coefficient (Wildman–Crippen LogP) is 1.67. The summed E-state index contributed by atoms with van der Waals surface area (Å²) in [5, 5.41) is 15.6. The van der Waals surface area contributed by atoms with Gasteiger partial charge in [0.15, 0.2) is 0 Å². The minimum atomic E-state index is 0.0450. The van der Waals surface area contributed by atoms with Crippen molar-refractivity contribution in [2.45, 2.75) is 39.2 Å². The van der Waals surface area contributed by atoms with E-state index >= 15 is 0 Å². The van der Waals surface area contributed by atoms with Crippen molar-refractivity contribution in [3.63, 3.8) is 0 Å². The van der Waals surface area contributed by atoms with E-state index in [1.54, 1.807) is 7.11 Å². The van der Waals surface area contributed by atoms with Crippen molar-refractivity contribution < 1.29 is 9.84 Å². The average molecular weight is 282 g/mol. The van der Waals surface area contributed by atoms with Gasteiger partial charge in [-0.25, -0.2) is 9.97 Å². The predicted molar refractivity (Wildman–Crippen MR) is 81.2 cm³/mol. The molecule has 0 aromatic carbocycles. The molecular formula is C14H26N4O2. The molecular weight excluding hydrogens is 256 g/mol. The molecule has 0 bridgehead atoms. The Morgan fingerprint density at radius 3 is 2.65 bits per heavy atom. The maximum Gasteiger partial charge on any atom is 0.132 e. The largest absolute Gasteiger partial charge is 0.396 e. The molecule has 0 aliphatic heterocycles. The van der Waals surface area contributed by atoms with Crippen molar-refractivity contribution in [2.75, 3.05) is 37.5 Å². The first-order valence-corrected chi connectivity index (χ1v) is 7.21. The van der Waals surface area contributed by atoms with Crippen LogP contribution < -0.4 is 10.6 Å². The van der Waals surface area contributed by atoms with Crippen LogP contribution in [0.25, 0.3) is 0 Å². The summed E-state index contributed by atoms with van der Waals surface area (Å²) in [5.41, 5.74) is 0. The van der Waals surface area contributed by atoms with Crippen LogP contribution in [0.4, 0.5) is 11.6 Å². The molecule has 0 spiro atoms. The fraction of sp³-hybridized carbons (Fsp3) is 0.714. The van der Waals surface area contributed by atoms with Gasteiger partial charge in [0, 0.05) is 32.7 Å². The number of aryl methyl sites for hydroxylation is 1. The standard InChI is InChI=1S/C14H26N4O2/c1-4-7-15-13-9-14(18-12(5-2)17-13)16-11(6-8-19)10-20-3/h9,11,19H,4-8,10H2,1-3H3,(H2,15,16,17,18). The summed E-state index contributed by atoms with van der Waals surface area (Å²) in [6.45, 7) is 5.68. The van der Waals surface area contributed by atoms with Crippen molar-refractivity contribution in [1.29, 1.82) is 0 Å². The molecule has 20 heavy (non-hydrogen) atoms. The van der Waals surface area contributed by atoms with Crippen molar-refractivity contribution in [3.8, 4) is 0 Å². The van der Waals surface area contributed by atoms with Gasteiger partial charge >= 0.3 is 0 Å². The molecule has 1 aromatic rings. The van der Waals surface area contributed by atoms with E-state index in [-0.39, 0.29) is 12.6 Å². The first kappa shape index (κ1) is 16.7. The fourth-order valence-corrected chi connectivity index (χ4v) is 1.84. The van der Waals surface area contributed by atoms with Crippen molar-refractivity contribution in [3.05, 3.63) is 11.9 Å². The molecule has 6 heteroatoms. The van der Waals surface area contributed by atoms with E-state index in [4.69, 9.17) is 9.84 Å². The van der Waals surface area contributed by atoms with E-state index in [9.17, 15) is 0 Å². The quantitative estimate of drug-likeness (QED) is 0.606. The lowest BCUT2D eigenvalue weighted by Gasteiger charge is -2.18. The Morgan fingerprint density at radius 1 is 1.30 bits per heavy atom. The smallest absolute Gasteiger partial charge is 0.132 e. The topological polar surface area (TPSA) is 79.3 Å². The fourth-order valence-electron chi connectivity index (χ4n) is 1.84.